The maximum absolute atomic E-state index is 8.22. The summed E-state index contributed by atoms with van der Waals surface area (Å²) in [5.41, 5.74) is 1.32. The van der Waals surface area contributed by atoms with Crippen molar-refractivity contribution in [3.63, 3.8) is 0 Å². The zero-order valence-corrected chi connectivity index (χ0v) is 11.3. The molecule has 0 bridgehead atoms. The molecule has 1 aromatic carbocycles. The van der Waals surface area contributed by atoms with Crippen molar-refractivity contribution in [1.82, 2.24) is 0 Å². The van der Waals surface area contributed by atoms with E-state index in [2.05, 4.69) is 32.0 Å². The molecule has 0 aliphatic heterocycles. The molecule has 1 rings (SSSR count). The smallest absolute Gasteiger partial charge is 0.0621 e. The van der Waals surface area contributed by atoms with Crippen molar-refractivity contribution in [3.05, 3.63) is 35.9 Å². The van der Waals surface area contributed by atoms with Crippen molar-refractivity contribution >= 4 is 0 Å². The van der Waals surface area contributed by atoms with Crippen LogP contribution in [0, 0.1) is 18.3 Å². The van der Waals surface area contributed by atoms with Gasteiger partial charge < -0.3 is 0 Å². The summed E-state index contributed by atoms with van der Waals surface area (Å²) in [4.78, 5) is 0. The summed E-state index contributed by atoms with van der Waals surface area (Å²) in [7, 11) is 0. The van der Waals surface area contributed by atoms with Crippen molar-refractivity contribution in [1.29, 1.82) is 5.26 Å². The molecule has 0 spiro atoms. The summed E-state index contributed by atoms with van der Waals surface area (Å²) < 4.78 is 0. The monoisotopic (exact) mass is 231 g/mol. The van der Waals surface area contributed by atoms with Crippen LogP contribution in [0.4, 0.5) is 0 Å². The number of hydrogen-bond donors (Lipinski definition) is 0. The largest absolute Gasteiger partial charge is 0.198 e. The normalized spacial score (nSPS) is 9.00. The van der Waals surface area contributed by atoms with Crippen LogP contribution in [0.2, 0.25) is 0 Å². The van der Waals surface area contributed by atoms with E-state index in [0.29, 0.717) is 0 Å². The number of nitriles is 1. The molecule has 1 aromatic rings. The average Bonchev–Trinajstić information content (AvgIpc) is 2.35. The van der Waals surface area contributed by atoms with Gasteiger partial charge in [-0.2, -0.15) is 5.26 Å². The minimum atomic E-state index is 0.742. The van der Waals surface area contributed by atoms with E-state index in [9.17, 15) is 0 Å². The molecule has 94 valence electrons. The number of nitrogens with zero attached hydrogens (tertiary/aromatic N) is 1. The standard InChI is InChI=1S/C9H17N.C7H8/c1-2-3-4-5-6-7-8-9-10;1-7-5-3-2-4-6-7/h2-8H2,1H3;2-6H,1H3. The summed E-state index contributed by atoms with van der Waals surface area (Å²) in [6.07, 6.45) is 8.40. The van der Waals surface area contributed by atoms with Crippen LogP contribution in [0.3, 0.4) is 0 Å². The molecule has 0 aliphatic carbocycles. The van der Waals surface area contributed by atoms with E-state index in [0.717, 1.165) is 12.8 Å². The van der Waals surface area contributed by atoms with Gasteiger partial charge in [-0.05, 0) is 13.3 Å². The summed E-state index contributed by atoms with van der Waals surface area (Å²) in [5, 5.41) is 8.22. The van der Waals surface area contributed by atoms with Crippen LogP contribution in [0.1, 0.15) is 57.4 Å². The fraction of sp³-hybridized carbons (Fsp3) is 0.562. The van der Waals surface area contributed by atoms with Crippen LogP contribution in [0.15, 0.2) is 30.3 Å². The topological polar surface area (TPSA) is 23.8 Å². The molecule has 1 nitrogen and oxygen atoms in total. The van der Waals surface area contributed by atoms with Gasteiger partial charge in [0, 0.05) is 6.42 Å². The highest BCUT2D eigenvalue weighted by Gasteiger charge is 1.87. The zero-order valence-electron chi connectivity index (χ0n) is 11.3. The van der Waals surface area contributed by atoms with Gasteiger partial charge in [-0.25, -0.2) is 0 Å². The number of hydrogen-bond acceptors (Lipinski definition) is 1. The van der Waals surface area contributed by atoms with Crippen LogP contribution in [-0.4, -0.2) is 0 Å². The maximum atomic E-state index is 8.22. The molecular formula is C16H25N. The van der Waals surface area contributed by atoms with Crippen LogP contribution >= 0.6 is 0 Å². The second-order valence-corrected chi connectivity index (χ2v) is 4.33. The van der Waals surface area contributed by atoms with Crippen molar-refractivity contribution in [2.75, 3.05) is 0 Å². The lowest BCUT2D eigenvalue weighted by molar-refractivity contribution is 0.613. The molecule has 1 heteroatoms. The summed E-state index contributed by atoms with van der Waals surface area (Å²) in [6.45, 7) is 4.30. The highest BCUT2D eigenvalue weighted by Crippen LogP contribution is 2.05. The van der Waals surface area contributed by atoms with Crippen molar-refractivity contribution in [3.8, 4) is 6.07 Å². The zero-order chi connectivity index (χ0) is 12.8. The molecule has 17 heavy (non-hydrogen) atoms. The van der Waals surface area contributed by atoms with Crippen LogP contribution in [0.25, 0.3) is 0 Å². The molecule has 0 aromatic heterocycles. The Bertz CT molecular complexity index is 284. The van der Waals surface area contributed by atoms with Crippen LogP contribution in [0.5, 0.6) is 0 Å². The number of aryl methyl sites for hydroxylation is 1. The quantitative estimate of drug-likeness (QED) is 0.613. The first kappa shape index (κ1) is 15.7. The Morgan fingerprint density at radius 1 is 0.941 bits per heavy atom. The van der Waals surface area contributed by atoms with Gasteiger partial charge in [-0.1, -0.05) is 74.9 Å². The van der Waals surface area contributed by atoms with Gasteiger partial charge in [-0.15, -0.1) is 0 Å². The van der Waals surface area contributed by atoms with E-state index >= 15 is 0 Å². The Balaban J connectivity index is 0.000000318. The highest BCUT2D eigenvalue weighted by atomic mass is 14.2. The maximum Gasteiger partial charge on any atom is 0.0621 e. The Kier molecular flexibility index (Phi) is 11.8. The molecule has 0 radical (unpaired) electrons. The predicted molar refractivity (Wildman–Crippen MR) is 74.8 cm³/mol. The Morgan fingerprint density at radius 3 is 2.00 bits per heavy atom. The van der Waals surface area contributed by atoms with Gasteiger partial charge in [0.1, 0.15) is 0 Å². The highest BCUT2D eigenvalue weighted by molar-refractivity contribution is 5.11. The van der Waals surface area contributed by atoms with E-state index < -0.39 is 0 Å². The summed E-state index contributed by atoms with van der Waals surface area (Å²) in [6, 6.07) is 12.4. The molecule has 0 atom stereocenters. The van der Waals surface area contributed by atoms with E-state index in [4.69, 9.17) is 5.26 Å². The molecular weight excluding hydrogens is 206 g/mol. The molecule has 0 aliphatic rings. The van der Waals surface area contributed by atoms with Crippen molar-refractivity contribution in [2.24, 2.45) is 0 Å². The molecule has 0 unspecified atom stereocenters. The lowest BCUT2D eigenvalue weighted by atomic mass is 10.1. The number of benzene rings is 1. The Morgan fingerprint density at radius 2 is 1.53 bits per heavy atom. The first-order valence-electron chi connectivity index (χ1n) is 6.69. The lowest BCUT2D eigenvalue weighted by Gasteiger charge is -1.95. The Hall–Kier alpha value is -1.29. The fourth-order valence-corrected chi connectivity index (χ4v) is 1.52. The van der Waals surface area contributed by atoms with E-state index in [1.54, 1.807) is 0 Å². The van der Waals surface area contributed by atoms with Crippen molar-refractivity contribution in [2.45, 2.75) is 58.8 Å². The first-order chi connectivity index (χ1) is 8.31. The van der Waals surface area contributed by atoms with Gasteiger partial charge in [0.05, 0.1) is 6.07 Å². The second kappa shape index (κ2) is 12.8. The number of unbranched alkanes of at least 4 members (excludes halogenated alkanes) is 6. The second-order valence-electron chi connectivity index (χ2n) is 4.33. The molecule has 0 amide bonds. The third kappa shape index (κ3) is 12.6. The third-order valence-corrected chi connectivity index (χ3v) is 2.58. The molecule has 0 saturated heterocycles. The number of rotatable bonds is 6. The fourth-order valence-electron chi connectivity index (χ4n) is 1.52. The SMILES string of the molecule is CCCCCCCCC#N.Cc1ccccc1. The van der Waals surface area contributed by atoms with Crippen LogP contribution < -0.4 is 0 Å². The van der Waals surface area contributed by atoms with Gasteiger partial charge >= 0.3 is 0 Å². The summed E-state index contributed by atoms with van der Waals surface area (Å²) >= 11 is 0. The van der Waals surface area contributed by atoms with Gasteiger partial charge in [-0.3, -0.25) is 0 Å². The van der Waals surface area contributed by atoms with Gasteiger partial charge in [0.15, 0.2) is 0 Å². The predicted octanol–water partition coefficient (Wildman–Crippen LogP) is 5.26. The minimum absolute atomic E-state index is 0.742. The molecule has 0 heterocycles. The third-order valence-electron chi connectivity index (χ3n) is 2.58. The minimum Gasteiger partial charge on any atom is -0.198 e. The molecule has 0 fully saturated rings. The van der Waals surface area contributed by atoms with Crippen molar-refractivity contribution < 1.29 is 0 Å². The lowest BCUT2D eigenvalue weighted by Crippen LogP contribution is -1.77. The van der Waals surface area contributed by atoms with Gasteiger partial charge in [0.25, 0.3) is 0 Å². The van der Waals surface area contributed by atoms with E-state index in [1.165, 1.54) is 37.7 Å². The molecule has 0 saturated carbocycles. The van der Waals surface area contributed by atoms with Crippen LogP contribution in [-0.2, 0) is 0 Å². The van der Waals surface area contributed by atoms with Gasteiger partial charge in [0.2, 0.25) is 0 Å². The van der Waals surface area contributed by atoms with E-state index in [1.807, 2.05) is 18.2 Å². The average molecular weight is 231 g/mol. The van der Waals surface area contributed by atoms with E-state index in [-0.39, 0.29) is 0 Å². The summed E-state index contributed by atoms with van der Waals surface area (Å²) in [5.74, 6) is 0. The Labute approximate surface area is 106 Å². The molecule has 0 N–H and O–H groups in total. The first-order valence-corrected chi connectivity index (χ1v) is 6.69.